The van der Waals surface area contributed by atoms with Crippen LogP contribution in [-0.4, -0.2) is 39.9 Å². The SMILES string of the molecule is CC(/C(N)=N/O)N(C)C(=O)c1ccc(F)cn1. The fourth-order valence-electron chi connectivity index (χ4n) is 1.14. The van der Waals surface area contributed by atoms with Crippen molar-refractivity contribution in [2.75, 3.05) is 7.05 Å². The second kappa shape index (κ2) is 5.24. The van der Waals surface area contributed by atoms with Gasteiger partial charge in [-0.3, -0.25) is 4.79 Å². The molecular weight excluding hydrogens is 227 g/mol. The van der Waals surface area contributed by atoms with E-state index in [1.54, 1.807) is 6.92 Å². The van der Waals surface area contributed by atoms with Crippen molar-refractivity contribution in [1.82, 2.24) is 9.88 Å². The van der Waals surface area contributed by atoms with Crippen LogP contribution in [0.5, 0.6) is 0 Å². The molecule has 1 amide bonds. The van der Waals surface area contributed by atoms with E-state index in [1.807, 2.05) is 0 Å². The number of amides is 1. The number of halogens is 1. The average Bonchev–Trinajstić information content (AvgIpc) is 2.36. The standard InChI is InChI=1S/C10H13FN4O2/c1-6(9(12)14-17)15(2)10(16)8-4-3-7(11)5-13-8/h3-6,17H,1-2H3,(H2,12,14). The first-order chi connectivity index (χ1) is 7.97. The summed E-state index contributed by atoms with van der Waals surface area (Å²) in [5, 5.41) is 11.3. The number of hydrogen-bond donors (Lipinski definition) is 2. The van der Waals surface area contributed by atoms with Gasteiger partial charge in [-0.1, -0.05) is 5.16 Å². The third-order valence-electron chi connectivity index (χ3n) is 2.39. The molecule has 0 saturated carbocycles. The van der Waals surface area contributed by atoms with E-state index in [9.17, 15) is 9.18 Å². The van der Waals surface area contributed by atoms with Crippen molar-refractivity contribution < 1.29 is 14.4 Å². The molecule has 0 aliphatic heterocycles. The Morgan fingerprint density at radius 2 is 2.29 bits per heavy atom. The Labute approximate surface area is 97.5 Å². The van der Waals surface area contributed by atoms with Crippen LogP contribution in [0, 0.1) is 5.82 Å². The minimum absolute atomic E-state index is 0.0893. The smallest absolute Gasteiger partial charge is 0.272 e. The van der Waals surface area contributed by atoms with Crippen molar-refractivity contribution >= 4 is 11.7 Å². The highest BCUT2D eigenvalue weighted by molar-refractivity contribution is 5.96. The second-order valence-corrected chi connectivity index (χ2v) is 3.48. The molecular formula is C10H13FN4O2. The first-order valence-corrected chi connectivity index (χ1v) is 4.83. The Morgan fingerprint density at radius 3 is 2.76 bits per heavy atom. The zero-order valence-corrected chi connectivity index (χ0v) is 9.46. The summed E-state index contributed by atoms with van der Waals surface area (Å²) in [6.07, 6.45) is 0.954. The summed E-state index contributed by atoms with van der Waals surface area (Å²) in [5.41, 5.74) is 5.47. The summed E-state index contributed by atoms with van der Waals surface area (Å²) in [4.78, 5) is 16.8. The van der Waals surface area contributed by atoms with Gasteiger partial charge in [-0.15, -0.1) is 0 Å². The molecule has 0 aliphatic rings. The second-order valence-electron chi connectivity index (χ2n) is 3.48. The number of carbonyl (C=O) groups excluding carboxylic acids is 1. The lowest BCUT2D eigenvalue weighted by Crippen LogP contribution is -2.44. The van der Waals surface area contributed by atoms with Gasteiger partial charge in [0.2, 0.25) is 0 Å². The molecule has 17 heavy (non-hydrogen) atoms. The highest BCUT2D eigenvalue weighted by Gasteiger charge is 2.21. The number of nitrogens with zero attached hydrogens (tertiary/aromatic N) is 3. The van der Waals surface area contributed by atoms with Crippen molar-refractivity contribution in [3.63, 3.8) is 0 Å². The van der Waals surface area contributed by atoms with Gasteiger partial charge >= 0.3 is 0 Å². The van der Waals surface area contributed by atoms with Crippen molar-refractivity contribution in [3.8, 4) is 0 Å². The molecule has 1 rings (SSSR count). The van der Waals surface area contributed by atoms with Crippen molar-refractivity contribution in [2.45, 2.75) is 13.0 Å². The maximum absolute atomic E-state index is 12.6. The molecule has 92 valence electrons. The zero-order chi connectivity index (χ0) is 13.0. The monoisotopic (exact) mass is 240 g/mol. The Kier molecular flexibility index (Phi) is 3.97. The van der Waals surface area contributed by atoms with Crippen LogP contribution in [0.4, 0.5) is 4.39 Å². The summed E-state index contributed by atoms with van der Waals surface area (Å²) in [5.74, 6) is -1.05. The predicted molar refractivity (Wildman–Crippen MR) is 59.2 cm³/mol. The van der Waals surface area contributed by atoms with E-state index in [1.165, 1.54) is 18.0 Å². The molecule has 0 aromatic carbocycles. The number of rotatable bonds is 3. The van der Waals surface area contributed by atoms with Gasteiger partial charge in [-0.25, -0.2) is 9.37 Å². The third-order valence-corrected chi connectivity index (χ3v) is 2.39. The first kappa shape index (κ1) is 12.9. The number of pyridine rings is 1. The number of likely N-dealkylation sites (N-methyl/N-ethyl adjacent to an activating group) is 1. The van der Waals surface area contributed by atoms with Gasteiger partial charge in [-0.2, -0.15) is 0 Å². The molecule has 1 aromatic rings. The Bertz CT molecular complexity index is 432. The van der Waals surface area contributed by atoms with Crippen LogP contribution >= 0.6 is 0 Å². The molecule has 7 heteroatoms. The fraction of sp³-hybridized carbons (Fsp3) is 0.300. The average molecular weight is 240 g/mol. The van der Waals surface area contributed by atoms with E-state index >= 15 is 0 Å². The summed E-state index contributed by atoms with van der Waals surface area (Å²) in [6, 6.07) is 1.83. The quantitative estimate of drug-likeness (QED) is 0.347. The first-order valence-electron chi connectivity index (χ1n) is 4.83. The number of carbonyl (C=O) groups is 1. The minimum atomic E-state index is -0.584. The van der Waals surface area contributed by atoms with Gasteiger partial charge in [-0.05, 0) is 19.1 Å². The van der Waals surface area contributed by atoms with Crippen LogP contribution in [0.15, 0.2) is 23.5 Å². The van der Waals surface area contributed by atoms with E-state index < -0.39 is 17.8 Å². The normalized spacial score (nSPS) is 13.2. The summed E-state index contributed by atoms with van der Waals surface area (Å²) in [7, 11) is 1.48. The topological polar surface area (TPSA) is 91.8 Å². The van der Waals surface area contributed by atoms with Gasteiger partial charge in [0, 0.05) is 7.05 Å². The molecule has 0 fully saturated rings. The molecule has 3 N–H and O–H groups in total. The molecule has 1 atom stereocenters. The molecule has 0 spiro atoms. The van der Waals surface area contributed by atoms with Crippen molar-refractivity contribution in [2.24, 2.45) is 10.9 Å². The summed E-state index contributed by atoms with van der Waals surface area (Å²) in [6.45, 7) is 1.59. The third kappa shape index (κ3) is 2.90. The zero-order valence-electron chi connectivity index (χ0n) is 9.46. The molecule has 1 unspecified atom stereocenters. The fourth-order valence-corrected chi connectivity index (χ4v) is 1.14. The van der Waals surface area contributed by atoms with Crippen LogP contribution < -0.4 is 5.73 Å². The van der Waals surface area contributed by atoms with Crippen LogP contribution in [0.1, 0.15) is 17.4 Å². The largest absolute Gasteiger partial charge is 0.409 e. The van der Waals surface area contributed by atoms with Crippen LogP contribution in [0.3, 0.4) is 0 Å². The van der Waals surface area contributed by atoms with E-state index in [0.29, 0.717) is 0 Å². The maximum atomic E-state index is 12.6. The molecule has 0 aliphatic carbocycles. The number of nitrogens with two attached hydrogens (primary N) is 1. The lowest BCUT2D eigenvalue weighted by molar-refractivity contribution is 0.0770. The number of oxime groups is 1. The molecule has 0 radical (unpaired) electrons. The van der Waals surface area contributed by atoms with Gasteiger partial charge in [0.05, 0.1) is 12.2 Å². The predicted octanol–water partition coefficient (Wildman–Crippen LogP) is 0.428. The van der Waals surface area contributed by atoms with Crippen LogP contribution in [0.25, 0.3) is 0 Å². The molecule has 0 bridgehead atoms. The summed E-state index contributed by atoms with van der Waals surface area (Å²) < 4.78 is 12.6. The van der Waals surface area contributed by atoms with E-state index in [4.69, 9.17) is 10.9 Å². The Hall–Kier alpha value is -2.18. The number of amidine groups is 1. The van der Waals surface area contributed by atoms with Crippen LogP contribution in [0.2, 0.25) is 0 Å². The summed E-state index contributed by atoms with van der Waals surface area (Å²) >= 11 is 0. The van der Waals surface area contributed by atoms with E-state index in [-0.39, 0.29) is 11.5 Å². The van der Waals surface area contributed by atoms with Gasteiger partial charge in [0.15, 0.2) is 5.84 Å². The highest BCUT2D eigenvalue weighted by atomic mass is 19.1. The minimum Gasteiger partial charge on any atom is -0.409 e. The molecule has 0 saturated heterocycles. The van der Waals surface area contributed by atoms with E-state index in [2.05, 4.69) is 10.1 Å². The number of aromatic nitrogens is 1. The molecule has 6 nitrogen and oxygen atoms in total. The molecule has 1 aromatic heterocycles. The molecule has 1 heterocycles. The van der Waals surface area contributed by atoms with Gasteiger partial charge in [0.1, 0.15) is 11.5 Å². The van der Waals surface area contributed by atoms with Gasteiger partial charge in [0.25, 0.3) is 5.91 Å². The van der Waals surface area contributed by atoms with Crippen molar-refractivity contribution in [3.05, 3.63) is 29.8 Å². The maximum Gasteiger partial charge on any atom is 0.272 e. The van der Waals surface area contributed by atoms with Gasteiger partial charge < -0.3 is 15.8 Å². The Balaban J connectivity index is 2.86. The lowest BCUT2D eigenvalue weighted by atomic mass is 10.2. The van der Waals surface area contributed by atoms with E-state index in [0.717, 1.165) is 12.3 Å². The van der Waals surface area contributed by atoms with Crippen LogP contribution in [-0.2, 0) is 0 Å². The number of hydrogen-bond acceptors (Lipinski definition) is 4. The Morgan fingerprint density at radius 1 is 1.65 bits per heavy atom. The van der Waals surface area contributed by atoms with Crippen molar-refractivity contribution in [1.29, 1.82) is 0 Å². The lowest BCUT2D eigenvalue weighted by Gasteiger charge is -2.23. The highest BCUT2D eigenvalue weighted by Crippen LogP contribution is 2.05.